The van der Waals surface area contributed by atoms with E-state index in [0.29, 0.717) is 43.2 Å². The average Bonchev–Trinajstić information content (AvgIpc) is 2.69. The van der Waals surface area contributed by atoms with E-state index in [1.54, 1.807) is 25.1 Å². The van der Waals surface area contributed by atoms with E-state index in [2.05, 4.69) is 5.32 Å². The van der Waals surface area contributed by atoms with E-state index in [1.165, 1.54) is 10.4 Å². The molecule has 2 aromatic rings. The number of hydrogen-bond donors (Lipinski definition) is 1. The number of rotatable bonds is 6. The Bertz CT molecular complexity index is 1030. The van der Waals surface area contributed by atoms with Crippen molar-refractivity contribution in [2.45, 2.75) is 32.2 Å². The van der Waals surface area contributed by atoms with Crippen molar-refractivity contribution in [3.8, 4) is 0 Å². The highest BCUT2D eigenvalue weighted by molar-refractivity contribution is 7.89. The van der Waals surface area contributed by atoms with Gasteiger partial charge in [-0.25, -0.2) is 12.8 Å². The molecule has 1 aliphatic rings. The predicted molar refractivity (Wildman–Crippen MR) is 114 cm³/mol. The van der Waals surface area contributed by atoms with Crippen molar-refractivity contribution in [1.29, 1.82) is 0 Å². The number of carbonyl (C=O) groups excluding carboxylic acids is 1. The third-order valence-electron chi connectivity index (χ3n) is 5.36. The number of halogens is 1. The molecule has 0 aliphatic carbocycles. The Kier molecular flexibility index (Phi) is 6.90. The molecule has 1 amide bonds. The maximum absolute atomic E-state index is 13.3. The summed E-state index contributed by atoms with van der Waals surface area (Å²) in [7, 11) is -3.54. The SMILES string of the molecule is Cc1ccc(S(=O)(=O)N2CCN(CC(=O)NCc3ccc(F)c(C)c3)CC2)c(C)c1. The molecule has 162 valence electrons. The summed E-state index contributed by atoms with van der Waals surface area (Å²) in [6.07, 6.45) is 0. The molecule has 1 aliphatic heterocycles. The van der Waals surface area contributed by atoms with Crippen LogP contribution in [0.15, 0.2) is 41.3 Å². The lowest BCUT2D eigenvalue weighted by atomic mass is 10.1. The maximum atomic E-state index is 13.3. The second-order valence-electron chi connectivity index (χ2n) is 7.81. The molecule has 0 unspecified atom stereocenters. The molecule has 30 heavy (non-hydrogen) atoms. The zero-order valence-electron chi connectivity index (χ0n) is 17.6. The van der Waals surface area contributed by atoms with Crippen LogP contribution in [-0.2, 0) is 21.4 Å². The van der Waals surface area contributed by atoms with Crippen LogP contribution >= 0.6 is 0 Å². The zero-order valence-corrected chi connectivity index (χ0v) is 18.4. The van der Waals surface area contributed by atoms with E-state index in [4.69, 9.17) is 0 Å². The molecule has 1 fully saturated rings. The van der Waals surface area contributed by atoms with Gasteiger partial charge in [-0.2, -0.15) is 4.31 Å². The lowest BCUT2D eigenvalue weighted by Gasteiger charge is -2.33. The summed E-state index contributed by atoms with van der Waals surface area (Å²) in [6, 6.07) is 10.1. The fraction of sp³-hybridized carbons (Fsp3) is 0.409. The fourth-order valence-corrected chi connectivity index (χ4v) is 5.26. The number of aryl methyl sites for hydroxylation is 3. The summed E-state index contributed by atoms with van der Waals surface area (Å²) in [6.45, 7) is 7.65. The summed E-state index contributed by atoms with van der Waals surface area (Å²) in [5, 5.41) is 2.84. The number of hydrogen-bond acceptors (Lipinski definition) is 4. The van der Waals surface area contributed by atoms with Crippen LogP contribution in [0.1, 0.15) is 22.3 Å². The number of nitrogens with one attached hydrogen (secondary N) is 1. The highest BCUT2D eigenvalue weighted by atomic mass is 32.2. The standard InChI is InChI=1S/C22H28FN3O3S/c1-16-4-7-21(18(3)12-16)30(28,29)26-10-8-25(9-11-26)15-22(27)24-14-19-5-6-20(23)17(2)13-19/h4-7,12-13H,8-11,14-15H2,1-3H3,(H,24,27). The molecule has 1 N–H and O–H groups in total. The van der Waals surface area contributed by atoms with Crippen molar-refractivity contribution < 1.29 is 17.6 Å². The van der Waals surface area contributed by atoms with Crippen LogP contribution in [0.3, 0.4) is 0 Å². The first kappa shape index (κ1) is 22.4. The molecule has 1 saturated heterocycles. The monoisotopic (exact) mass is 433 g/mol. The number of carbonyl (C=O) groups is 1. The molecule has 8 heteroatoms. The van der Waals surface area contributed by atoms with E-state index < -0.39 is 10.0 Å². The highest BCUT2D eigenvalue weighted by Gasteiger charge is 2.30. The molecular formula is C22H28FN3O3S. The first-order chi connectivity index (χ1) is 14.2. The minimum absolute atomic E-state index is 0.136. The lowest BCUT2D eigenvalue weighted by Crippen LogP contribution is -2.51. The Balaban J connectivity index is 1.51. The number of amides is 1. The molecule has 0 bridgehead atoms. The largest absolute Gasteiger partial charge is 0.351 e. The Morgan fingerprint density at radius 3 is 2.33 bits per heavy atom. The lowest BCUT2D eigenvalue weighted by molar-refractivity contribution is -0.122. The van der Waals surface area contributed by atoms with Crippen LogP contribution in [0.2, 0.25) is 0 Å². The van der Waals surface area contributed by atoms with Gasteiger partial charge in [0.25, 0.3) is 0 Å². The van der Waals surface area contributed by atoms with E-state index in [9.17, 15) is 17.6 Å². The average molecular weight is 434 g/mol. The van der Waals surface area contributed by atoms with Crippen LogP contribution in [0.25, 0.3) is 0 Å². The highest BCUT2D eigenvalue weighted by Crippen LogP contribution is 2.22. The number of nitrogens with zero attached hydrogens (tertiary/aromatic N) is 2. The number of piperazine rings is 1. The van der Waals surface area contributed by atoms with Gasteiger partial charge in [0.15, 0.2) is 0 Å². The quantitative estimate of drug-likeness (QED) is 0.760. The van der Waals surface area contributed by atoms with Crippen LogP contribution in [0.5, 0.6) is 0 Å². The molecule has 0 aromatic heterocycles. The topological polar surface area (TPSA) is 69.7 Å². The number of benzene rings is 2. The molecule has 0 spiro atoms. The second kappa shape index (κ2) is 9.24. The van der Waals surface area contributed by atoms with Crippen molar-refractivity contribution in [3.63, 3.8) is 0 Å². The molecule has 0 atom stereocenters. The molecule has 6 nitrogen and oxygen atoms in total. The minimum atomic E-state index is -3.54. The normalized spacial score (nSPS) is 15.9. The van der Waals surface area contributed by atoms with E-state index in [1.807, 2.05) is 30.9 Å². The summed E-state index contributed by atoms with van der Waals surface area (Å²) in [5.74, 6) is -0.401. The molecule has 3 rings (SSSR count). The molecule has 0 saturated carbocycles. The summed E-state index contributed by atoms with van der Waals surface area (Å²) in [4.78, 5) is 14.5. The Hall–Kier alpha value is -2.29. The Morgan fingerprint density at radius 2 is 1.70 bits per heavy atom. The Morgan fingerprint density at radius 1 is 1.00 bits per heavy atom. The van der Waals surface area contributed by atoms with Gasteiger partial charge < -0.3 is 5.32 Å². The van der Waals surface area contributed by atoms with Crippen molar-refractivity contribution in [2.75, 3.05) is 32.7 Å². The van der Waals surface area contributed by atoms with Crippen molar-refractivity contribution in [3.05, 3.63) is 64.5 Å². The summed E-state index contributed by atoms with van der Waals surface area (Å²) in [5.41, 5.74) is 3.15. The van der Waals surface area contributed by atoms with Crippen LogP contribution in [-0.4, -0.2) is 56.3 Å². The fourth-order valence-electron chi connectivity index (χ4n) is 3.63. The van der Waals surface area contributed by atoms with E-state index >= 15 is 0 Å². The van der Waals surface area contributed by atoms with Gasteiger partial charge in [-0.1, -0.05) is 29.8 Å². The van der Waals surface area contributed by atoms with Crippen molar-refractivity contribution >= 4 is 15.9 Å². The van der Waals surface area contributed by atoms with Gasteiger partial charge in [-0.05, 0) is 49.6 Å². The smallest absolute Gasteiger partial charge is 0.243 e. The number of sulfonamides is 1. The van der Waals surface area contributed by atoms with Crippen LogP contribution in [0.4, 0.5) is 4.39 Å². The van der Waals surface area contributed by atoms with E-state index in [-0.39, 0.29) is 18.3 Å². The molecule has 2 aromatic carbocycles. The van der Waals surface area contributed by atoms with Gasteiger partial charge in [0, 0.05) is 32.7 Å². The molecule has 1 heterocycles. The Labute approximate surface area is 177 Å². The minimum Gasteiger partial charge on any atom is -0.351 e. The van der Waals surface area contributed by atoms with E-state index in [0.717, 1.165) is 16.7 Å². The van der Waals surface area contributed by atoms with Gasteiger partial charge >= 0.3 is 0 Å². The van der Waals surface area contributed by atoms with Crippen LogP contribution < -0.4 is 5.32 Å². The second-order valence-corrected chi connectivity index (χ2v) is 9.72. The predicted octanol–water partition coefficient (Wildman–Crippen LogP) is 2.37. The first-order valence-corrected chi connectivity index (χ1v) is 11.4. The van der Waals surface area contributed by atoms with Crippen molar-refractivity contribution in [2.24, 2.45) is 0 Å². The summed E-state index contributed by atoms with van der Waals surface area (Å²) >= 11 is 0. The van der Waals surface area contributed by atoms with Gasteiger partial charge in [0.2, 0.25) is 15.9 Å². The summed E-state index contributed by atoms with van der Waals surface area (Å²) < 4.78 is 40.7. The van der Waals surface area contributed by atoms with Gasteiger partial charge in [0.05, 0.1) is 11.4 Å². The third kappa shape index (κ3) is 5.24. The van der Waals surface area contributed by atoms with Crippen molar-refractivity contribution in [1.82, 2.24) is 14.5 Å². The maximum Gasteiger partial charge on any atom is 0.243 e. The van der Waals surface area contributed by atoms with Gasteiger partial charge in [-0.15, -0.1) is 0 Å². The van der Waals surface area contributed by atoms with Crippen LogP contribution in [0, 0.1) is 26.6 Å². The molecular weight excluding hydrogens is 405 g/mol. The van der Waals surface area contributed by atoms with Gasteiger partial charge in [-0.3, -0.25) is 9.69 Å². The third-order valence-corrected chi connectivity index (χ3v) is 7.42. The van der Waals surface area contributed by atoms with Gasteiger partial charge in [0.1, 0.15) is 5.82 Å². The first-order valence-electron chi connectivity index (χ1n) is 9.98. The molecule has 0 radical (unpaired) electrons. The zero-order chi connectivity index (χ0) is 21.9.